The summed E-state index contributed by atoms with van der Waals surface area (Å²) in [6, 6.07) is 1.92. The number of aliphatic carboxylic acids is 1. The molecule has 0 heterocycles. The lowest BCUT2D eigenvalue weighted by Crippen LogP contribution is -2.09. The summed E-state index contributed by atoms with van der Waals surface area (Å²) in [5.74, 6) is -3.88. The molecule has 1 atom stereocenters. The van der Waals surface area contributed by atoms with Crippen LogP contribution in [-0.4, -0.2) is 11.1 Å². The van der Waals surface area contributed by atoms with Crippen molar-refractivity contribution in [1.82, 2.24) is 0 Å². The molecule has 1 aromatic carbocycles. The Balaban J connectivity index is 3.22. The first-order valence-electron chi connectivity index (χ1n) is 3.80. The molecule has 1 aromatic rings. The maximum atomic E-state index is 12.8. The van der Waals surface area contributed by atoms with Crippen LogP contribution < -0.4 is 0 Å². The molecule has 1 N–H and O–H groups in total. The van der Waals surface area contributed by atoms with Gasteiger partial charge in [0.1, 0.15) is 0 Å². The molecule has 0 spiro atoms. The van der Waals surface area contributed by atoms with E-state index >= 15 is 0 Å². The van der Waals surface area contributed by atoms with Crippen LogP contribution in [-0.2, 0) is 4.79 Å². The molecule has 2 nitrogen and oxygen atoms in total. The highest BCUT2D eigenvalue weighted by Crippen LogP contribution is 2.24. The van der Waals surface area contributed by atoms with E-state index in [-0.39, 0.29) is 5.56 Å². The Morgan fingerprint density at radius 1 is 1.43 bits per heavy atom. The molecule has 0 fully saturated rings. The molecule has 14 heavy (non-hydrogen) atoms. The lowest BCUT2D eigenvalue weighted by molar-refractivity contribution is -0.138. The van der Waals surface area contributed by atoms with E-state index in [0.717, 1.165) is 12.1 Å². The van der Waals surface area contributed by atoms with Gasteiger partial charge in [-0.2, -0.15) is 0 Å². The average molecular weight is 312 g/mol. The van der Waals surface area contributed by atoms with E-state index in [1.807, 2.05) is 0 Å². The molecule has 0 saturated heterocycles. The Morgan fingerprint density at radius 2 is 1.93 bits per heavy atom. The first-order valence-corrected chi connectivity index (χ1v) is 4.88. The number of hydrogen-bond donors (Lipinski definition) is 1. The van der Waals surface area contributed by atoms with Gasteiger partial charge in [-0.1, -0.05) is 0 Å². The van der Waals surface area contributed by atoms with Gasteiger partial charge >= 0.3 is 5.97 Å². The van der Waals surface area contributed by atoms with Crippen molar-refractivity contribution in [2.45, 2.75) is 12.8 Å². The molecule has 0 amide bonds. The first-order chi connectivity index (χ1) is 6.43. The molecule has 0 aliphatic rings. The van der Waals surface area contributed by atoms with Crippen molar-refractivity contribution in [3.05, 3.63) is 32.9 Å². The number of carboxylic acid groups (broad SMARTS) is 1. The Hall–Kier alpha value is -0.720. The molecule has 76 valence electrons. The Kier molecular flexibility index (Phi) is 3.41. The van der Waals surface area contributed by atoms with Gasteiger partial charge in [-0.05, 0) is 47.2 Å². The monoisotopic (exact) mass is 312 g/mol. The van der Waals surface area contributed by atoms with Crippen LogP contribution in [0, 0.1) is 15.2 Å². The van der Waals surface area contributed by atoms with Crippen LogP contribution in [0.25, 0.3) is 0 Å². The third-order valence-corrected chi connectivity index (χ3v) is 2.81. The summed E-state index contributed by atoms with van der Waals surface area (Å²) in [7, 11) is 0. The van der Waals surface area contributed by atoms with Gasteiger partial charge in [0, 0.05) is 3.57 Å². The summed E-state index contributed by atoms with van der Waals surface area (Å²) >= 11 is 1.78. The molecule has 1 rings (SSSR count). The van der Waals surface area contributed by atoms with Gasteiger partial charge in [-0.15, -0.1) is 0 Å². The maximum absolute atomic E-state index is 12.8. The summed E-state index contributed by atoms with van der Waals surface area (Å²) < 4.78 is 25.9. The van der Waals surface area contributed by atoms with Gasteiger partial charge in [0.05, 0.1) is 5.92 Å². The normalized spacial score (nSPS) is 12.6. The third-order valence-electron chi connectivity index (χ3n) is 1.88. The highest BCUT2D eigenvalue weighted by molar-refractivity contribution is 14.1. The van der Waals surface area contributed by atoms with Gasteiger partial charge in [0.2, 0.25) is 0 Å². The standard InChI is InChI=1S/C9H7F2IO2/c1-4(9(13)14)5-2-6(10)7(11)3-8(5)12/h2-4H,1H3,(H,13,14). The van der Waals surface area contributed by atoms with Crippen LogP contribution in [0.3, 0.4) is 0 Å². The molecule has 0 saturated carbocycles. The predicted molar refractivity (Wildman–Crippen MR) is 55.1 cm³/mol. The summed E-state index contributed by atoms with van der Waals surface area (Å²) in [6.07, 6.45) is 0. The molecular formula is C9H7F2IO2. The summed E-state index contributed by atoms with van der Waals surface area (Å²) in [4.78, 5) is 10.6. The number of carboxylic acids is 1. The van der Waals surface area contributed by atoms with E-state index in [9.17, 15) is 13.6 Å². The highest BCUT2D eigenvalue weighted by atomic mass is 127. The van der Waals surface area contributed by atoms with Crippen molar-refractivity contribution in [3.63, 3.8) is 0 Å². The van der Waals surface area contributed by atoms with Crippen molar-refractivity contribution in [3.8, 4) is 0 Å². The molecule has 0 bridgehead atoms. The van der Waals surface area contributed by atoms with Gasteiger partial charge in [0.15, 0.2) is 11.6 Å². The lowest BCUT2D eigenvalue weighted by Gasteiger charge is -2.09. The van der Waals surface area contributed by atoms with Crippen LogP contribution in [0.2, 0.25) is 0 Å². The van der Waals surface area contributed by atoms with E-state index in [4.69, 9.17) is 5.11 Å². The Morgan fingerprint density at radius 3 is 2.43 bits per heavy atom. The van der Waals surface area contributed by atoms with E-state index in [2.05, 4.69) is 0 Å². The largest absolute Gasteiger partial charge is 0.481 e. The summed E-state index contributed by atoms with van der Waals surface area (Å²) in [5.41, 5.74) is 0.289. The zero-order chi connectivity index (χ0) is 10.9. The van der Waals surface area contributed by atoms with Crippen molar-refractivity contribution in [2.24, 2.45) is 0 Å². The van der Waals surface area contributed by atoms with Crippen LogP contribution in [0.5, 0.6) is 0 Å². The minimum Gasteiger partial charge on any atom is -0.481 e. The predicted octanol–water partition coefficient (Wildman–Crippen LogP) is 2.76. The Labute approximate surface area is 93.1 Å². The summed E-state index contributed by atoms with van der Waals surface area (Å²) in [5, 5.41) is 8.70. The van der Waals surface area contributed by atoms with E-state index in [1.165, 1.54) is 6.92 Å². The molecule has 0 radical (unpaired) electrons. The van der Waals surface area contributed by atoms with Crippen LogP contribution >= 0.6 is 22.6 Å². The van der Waals surface area contributed by atoms with Crippen molar-refractivity contribution in [2.75, 3.05) is 0 Å². The van der Waals surface area contributed by atoms with Crippen LogP contribution in [0.1, 0.15) is 18.4 Å². The van der Waals surface area contributed by atoms with E-state index < -0.39 is 23.5 Å². The number of halogens is 3. The van der Waals surface area contributed by atoms with Crippen LogP contribution in [0.15, 0.2) is 12.1 Å². The topological polar surface area (TPSA) is 37.3 Å². The van der Waals surface area contributed by atoms with E-state index in [1.54, 1.807) is 22.6 Å². The first kappa shape index (κ1) is 11.4. The number of hydrogen-bond acceptors (Lipinski definition) is 1. The van der Waals surface area contributed by atoms with Crippen molar-refractivity contribution < 1.29 is 18.7 Å². The van der Waals surface area contributed by atoms with E-state index in [0.29, 0.717) is 3.57 Å². The second-order valence-corrected chi connectivity index (χ2v) is 4.01. The Bertz CT molecular complexity index is 379. The van der Waals surface area contributed by atoms with Gasteiger partial charge < -0.3 is 5.11 Å². The lowest BCUT2D eigenvalue weighted by atomic mass is 10.0. The maximum Gasteiger partial charge on any atom is 0.310 e. The molecule has 0 aliphatic heterocycles. The average Bonchev–Trinajstić information content (AvgIpc) is 2.10. The second kappa shape index (κ2) is 4.20. The highest BCUT2D eigenvalue weighted by Gasteiger charge is 2.18. The fraction of sp³-hybridized carbons (Fsp3) is 0.222. The zero-order valence-corrected chi connectivity index (χ0v) is 9.38. The fourth-order valence-electron chi connectivity index (χ4n) is 1.00. The van der Waals surface area contributed by atoms with Crippen molar-refractivity contribution >= 4 is 28.6 Å². The quantitative estimate of drug-likeness (QED) is 0.673. The number of rotatable bonds is 2. The van der Waals surface area contributed by atoms with Gasteiger partial charge in [0.25, 0.3) is 0 Å². The zero-order valence-electron chi connectivity index (χ0n) is 7.22. The minimum absolute atomic E-state index is 0.289. The number of benzene rings is 1. The number of carbonyl (C=O) groups is 1. The molecule has 0 aliphatic carbocycles. The van der Waals surface area contributed by atoms with Gasteiger partial charge in [-0.25, -0.2) is 8.78 Å². The van der Waals surface area contributed by atoms with Gasteiger partial charge in [-0.3, -0.25) is 4.79 Å². The van der Waals surface area contributed by atoms with Crippen LogP contribution in [0.4, 0.5) is 8.78 Å². The molecular weight excluding hydrogens is 305 g/mol. The molecule has 5 heteroatoms. The molecule has 1 unspecified atom stereocenters. The fourth-order valence-corrected chi connectivity index (χ4v) is 1.90. The molecule has 0 aromatic heterocycles. The smallest absolute Gasteiger partial charge is 0.310 e. The third kappa shape index (κ3) is 2.20. The minimum atomic E-state index is -1.06. The second-order valence-electron chi connectivity index (χ2n) is 2.85. The van der Waals surface area contributed by atoms with Crippen molar-refractivity contribution in [1.29, 1.82) is 0 Å². The SMILES string of the molecule is CC(C(=O)O)c1cc(F)c(F)cc1I. The summed E-state index contributed by atoms with van der Waals surface area (Å²) in [6.45, 7) is 1.43.